The zero-order chi connectivity index (χ0) is 15.8. The van der Waals surface area contributed by atoms with Gasteiger partial charge in [0.05, 0.1) is 19.3 Å². The van der Waals surface area contributed by atoms with Gasteiger partial charge in [0.25, 0.3) is 0 Å². The lowest BCUT2D eigenvalue weighted by Crippen LogP contribution is -2.73. The maximum atomic E-state index is 10.7. The van der Waals surface area contributed by atoms with E-state index in [1.54, 1.807) is 0 Å². The van der Waals surface area contributed by atoms with Crippen molar-refractivity contribution in [3.05, 3.63) is 0 Å². The van der Waals surface area contributed by atoms with E-state index in [0.717, 1.165) is 0 Å². The average molecular weight is 310 g/mol. The van der Waals surface area contributed by atoms with Gasteiger partial charge in [-0.2, -0.15) is 0 Å². The summed E-state index contributed by atoms with van der Waals surface area (Å²) in [5, 5.41) is 68.8. The van der Waals surface area contributed by atoms with Crippen molar-refractivity contribution in [2.75, 3.05) is 19.8 Å². The summed E-state index contributed by atoms with van der Waals surface area (Å²) in [4.78, 5) is 0. The smallest absolute Gasteiger partial charge is 0.147 e. The molecule has 9 heteroatoms. The van der Waals surface area contributed by atoms with Crippen LogP contribution in [0, 0.1) is 0 Å². The minimum absolute atomic E-state index is 0.0437. The van der Waals surface area contributed by atoms with Crippen LogP contribution in [0.1, 0.15) is 6.42 Å². The predicted molar refractivity (Wildman–Crippen MR) is 66.2 cm³/mol. The van der Waals surface area contributed by atoms with Crippen molar-refractivity contribution < 1.29 is 45.2 Å². The molecule has 0 aromatic heterocycles. The highest BCUT2D eigenvalue weighted by Gasteiger charge is 2.60. The van der Waals surface area contributed by atoms with Crippen LogP contribution in [0.2, 0.25) is 0 Å². The summed E-state index contributed by atoms with van der Waals surface area (Å²) in [6.07, 6.45) is -10.3. The Morgan fingerprint density at radius 1 is 0.952 bits per heavy atom. The van der Waals surface area contributed by atoms with Crippen LogP contribution in [0.4, 0.5) is 0 Å². The number of ether oxygens (including phenoxy) is 2. The molecule has 2 aliphatic rings. The summed E-state index contributed by atoms with van der Waals surface area (Å²) in [7, 11) is 0. The van der Waals surface area contributed by atoms with Gasteiger partial charge in [-0.3, -0.25) is 0 Å². The Hall–Kier alpha value is -0.360. The Kier molecular flexibility index (Phi) is 5.19. The molecule has 2 aliphatic heterocycles. The number of hydrogen-bond donors (Lipinski definition) is 7. The Morgan fingerprint density at radius 3 is 2.19 bits per heavy atom. The number of aliphatic hydroxyl groups is 7. The second-order valence-electron chi connectivity index (χ2n) is 5.48. The number of hydrogen-bond acceptors (Lipinski definition) is 9. The summed E-state index contributed by atoms with van der Waals surface area (Å²) in [6, 6.07) is 0. The van der Waals surface area contributed by atoms with Crippen LogP contribution in [-0.4, -0.2) is 104 Å². The van der Waals surface area contributed by atoms with Crippen LogP contribution in [0.15, 0.2) is 0 Å². The van der Waals surface area contributed by atoms with Crippen LogP contribution in [0.25, 0.3) is 0 Å². The first-order valence-electron chi connectivity index (χ1n) is 6.81. The summed E-state index contributed by atoms with van der Waals surface area (Å²) in [6.45, 7) is -1.19. The van der Waals surface area contributed by atoms with Gasteiger partial charge in [-0.05, 0) is 6.42 Å². The third kappa shape index (κ3) is 2.69. The lowest BCUT2D eigenvalue weighted by Gasteiger charge is -2.52. The SMILES string of the molecule is OC[C@H]1O[C@@H]([C@]2(O)[C@H](O)CCO[C@@H]2CO)[C@H](O)[C@@H](O)[C@H]1O. The van der Waals surface area contributed by atoms with Crippen molar-refractivity contribution in [3.8, 4) is 0 Å². The molecule has 9 nitrogen and oxygen atoms in total. The molecule has 0 bridgehead atoms. The Bertz CT molecular complexity index is 352. The lowest BCUT2D eigenvalue weighted by atomic mass is 9.76. The molecule has 2 saturated heterocycles. The maximum Gasteiger partial charge on any atom is 0.147 e. The van der Waals surface area contributed by atoms with E-state index >= 15 is 0 Å². The van der Waals surface area contributed by atoms with Gasteiger partial charge in [0.15, 0.2) is 0 Å². The monoisotopic (exact) mass is 310 g/mol. The molecule has 0 unspecified atom stereocenters. The van der Waals surface area contributed by atoms with Crippen LogP contribution < -0.4 is 0 Å². The molecule has 7 N–H and O–H groups in total. The molecule has 2 fully saturated rings. The minimum atomic E-state index is -2.18. The molecule has 0 amide bonds. The molecule has 0 spiro atoms. The van der Waals surface area contributed by atoms with Gasteiger partial charge in [-0.15, -0.1) is 0 Å². The van der Waals surface area contributed by atoms with Gasteiger partial charge in [-0.25, -0.2) is 0 Å². The molecule has 0 saturated carbocycles. The van der Waals surface area contributed by atoms with E-state index < -0.39 is 61.5 Å². The zero-order valence-electron chi connectivity index (χ0n) is 11.3. The first-order chi connectivity index (χ1) is 9.87. The fraction of sp³-hybridized carbons (Fsp3) is 1.00. The molecule has 0 aromatic rings. The number of aliphatic hydroxyl groups excluding tert-OH is 6. The van der Waals surface area contributed by atoms with Crippen LogP contribution in [-0.2, 0) is 9.47 Å². The van der Waals surface area contributed by atoms with Gasteiger partial charge < -0.3 is 45.2 Å². The Balaban J connectivity index is 2.31. The number of rotatable bonds is 3. The topological polar surface area (TPSA) is 160 Å². The maximum absolute atomic E-state index is 10.7. The van der Waals surface area contributed by atoms with Gasteiger partial charge in [-0.1, -0.05) is 0 Å². The van der Waals surface area contributed by atoms with E-state index in [2.05, 4.69) is 0 Å². The molecule has 2 rings (SSSR count). The highest BCUT2D eigenvalue weighted by molar-refractivity contribution is 5.09. The average Bonchev–Trinajstić information content (AvgIpc) is 2.48. The van der Waals surface area contributed by atoms with Crippen molar-refractivity contribution >= 4 is 0 Å². The fourth-order valence-electron chi connectivity index (χ4n) is 2.96. The largest absolute Gasteiger partial charge is 0.394 e. The predicted octanol–water partition coefficient (Wildman–Crippen LogP) is -4.30. The highest BCUT2D eigenvalue weighted by Crippen LogP contribution is 2.37. The van der Waals surface area contributed by atoms with E-state index in [0.29, 0.717) is 0 Å². The summed E-state index contributed by atoms with van der Waals surface area (Å²) < 4.78 is 10.5. The van der Waals surface area contributed by atoms with Crippen molar-refractivity contribution in [2.45, 2.75) is 54.7 Å². The van der Waals surface area contributed by atoms with Gasteiger partial charge in [0.1, 0.15) is 42.2 Å². The van der Waals surface area contributed by atoms with E-state index in [1.807, 2.05) is 0 Å². The van der Waals surface area contributed by atoms with Crippen LogP contribution in [0.5, 0.6) is 0 Å². The van der Waals surface area contributed by atoms with Crippen LogP contribution >= 0.6 is 0 Å². The van der Waals surface area contributed by atoms with Gasteiger partial charge in [0, 0.05) is 6.61 Å². The second kappa shape index (κ2) is 6.41. The molecule has 21 heavy (non-hydrogen) atoms. The molecule has 0 aliphatic carbocycles. The fourth-order valence-corrected chi connectivity index (χ4v) is 2.96. The molecule has 124 valence electrons. The van der Waals surface area contributed by atoms with Crippen LogP contribution in [0.3, 0.4) is 0 Å². The highest BCUT2D eigenvalue weighted by atomic mass is 16.6. The molecule has 0 radical (unpaired) electrons. The summed E-state index contributed by atoms with van der Waals surface area (Å²) >= 11 is 0. The standard InChI is InChI=1S/C12H22O9/c13-3-5-8(16)9(17)10(18)11(21-5)12(19)6(15)1-2-20-7(12)4-14/h5-11,13-19H,1-4H2/t5-,6-,7-,8+,9+,10-,11-,12+/m1/s1. The van der Waals surface area contributed by atoms with Gasteiger partial charge in [0.2, 0.25) is 0 Å². The quantitative estimate of drug-likeness (QED) is 0.273. The first kappa shape index (κ1) is 17.0. The summed E-state index contributed by atoms with van der Waals surface area (Å²) in [5.74, 6) is 0. The van der Waals surface area contributed by atoms with E-state index in [1.165, 1.54) is 0 Å². The third-order valence-electron chi connectivity index (χ3n) is 4.27. The van der Waals surface area contributed by atoms with E-state index in [-0.39, 0.29) is 13.0 Å². The summed E-state index contributed by atoms with van der Waals surface area (Å²) in [5.41, 5.74) is -2.18. The molecule has 0 aromatic carbocycles. The zero-order valence-corrected chi connectivity index (χ0v) is 11.3. The third-order valence-corrected chi connectivity index (χ3v) is 4.27. The van der Waals surface area contributed by atoms with Gasteiger partial charge >= 0.3 is 0 Å². The molecular formula is C12H22O9. The van der Waals surface area contributed by atoms with Crippen molar-refractivity contribution in [2.24, 2.45) is 0 Å². The second-order valence-corrected chi connectivity index (χ2v) is 5.48. The van der Waals surface area contributed by atoms with Crippen molar-refractivity contribution in [1.29, 1.82) is 0 Å². The van der Waals surface area contributed by atoms with E-state index in [9.17, 15) is 30.6 Å². The normalized spacial score (nSPS) is 51.9. The molecule has 2 heterocycles. The Morgan fingerprint density at radius 2 is 1.62 bits per heavy atom. The molecular weight excluding hydrogens is 288 g/mol. The van der Waals surface area contributed by atoms with E-state index in [4.69, 9.17) is 14.6 Å². The Labute approximate surface area is 121 Å². The minimum Gasteiger partial charge on any atom is -0.394 e. The van der Waals surface area contributed by atoms with Crippen molar-refractivity contribution in [1.82, 2.24) is 0 Å². The van der Waals surface area contributed by atoms with Crippen molar-refractivity contribution in [3.63, 3.8) is 0 Å². The first-order valence-corrected chi connectivity index (χ1v) is 6.81. The lowest BCUT2D eigenvalue weighted by molar-refractivity contribution is -0.320. The molecule has 8 atom stereocenters.